The maximum atomic E-state index is 11.5. The van der Waals surface area contributed by atoms with E-state index in [1.165, 1.54) is 7.11 Å². The van der Waals surface area contributed by atoms with E-state index in [2.05, 4.69) is 4.90 Å². The predicted octanol–water partition coefficient (Wildman–Crippen LogP) is 0.642. The second-order valence-corrected chi connectivity index (χ2v) is 4.91. The molecule has 0 aromatic heterocycles. The number of piperidine rings is 1. The summed E-state index contributed by atoms with van der Waals surface area (Å²) in [6.45, 7) is 6.02. The minimum absolute atomic E-state index is 0.192. The lowest BCUT2D eigenvalue weighted by Gasteiger charge is -2.35. The lowest BCUT2D eigenvalue weighted by molar-refractivity contribution is -0.152. The van der Waals surface area contributed by atoms with Gasteiger partial charge in [-0.15, -0.1) is 0 Å². The van der Waals surface area contributed by atoms with E-state index >= 15 is 0 Å². The Labute approximate surface area is 91.2 Å². The normalized spacial score (nSPS) is 23.9. The highest BCUT2D eigenvalue weighted by molar-refractivity contribution is 5.76. The molecule has 0 spiro atoms. The number of β-amino-alcohol motifs (C(OH)–C–C–N with tert-alkyl or cyclic N) is 1. The van der Waals surface area contributed by atoms with Gasteiger partial charge in [0.2, 0.25) is 0 Å². The van der Waals surface area contributed by atoms with Crippen LogP contribution in [0.1, 0.15) is 26.7 Å². The summed E-state index contributed by atoms with van der Waals surface area (Å²) >= 11 is 0. The third-order valence-corrected chi connectivity index (χ3v) is 2.84. The third-order valence-electron chi connectivity index (χ3n) is 2.84. The standard InChI is InChI=1S/C11H21NO3/c1-11(2,10(14)15-3)8-12-6-4-5-9(13)7-12/h9,13H,4-8H2,1-3H3/t9-/m0/s1. The van der Waals surface area contributed by atoms with Crippen LogP contribution in [0.2, 0.25) is 0 Å². The quantitative estimate of drug-likeness (QED) is 0.702. The first kappa shape index (κ1) is 12.5. The van der Waals surface area contributed by atoms with Gasteiger partial charge in [0, 0.05) is 13.1 Å². The number of likely N-dealkylation sites (tertiary alicyclic amines) is 1. The second-order valence-electron chi connectivity index (χ2n) is 4.91. The summed E-state index contributed by atoms with van der Waals surface area (Å²) in [6, 6.07) is 0. The van der Waals surface area contributed by atoms with Crippen LogP contribution in [0, 0.1) is 5.41 Å². The average molecular weight is 215 g/mol. The summed E-state index contributed by atoms with van der Waals surface area (Å²) in [5.74, 6) is -0.192. The number of ether oxygens (including phenoxy) is 1. The van der Waals surface area contributed by atoms with E-state index in [9.17, 15) is 9.90 Å². The molecule has 4 nitrogen and oxygen atoms in total. The van der Waals surface area contributed by atoms with E-state index < -0.39 is 5.41 Å². The number of esters is 1. The number of hydrogen-bond donors (Lipinski definition) is 1. The van der Waals surface area contributed by atoms with Crippen LogP contribution in [0.3, 0.4) is 0 Å². The van der Waals surface area contributed by atoms with Gasteiger partial charge in [0.15, 0.2) is 0 Å². The van der Waals surface area contributed by atoms with Gasteiger partial charge in [0.25, 0.3) is 0 Å². The van der Waals surface area contributed by atoms with Crippen molar-refractivity contribution in [1.82, 2.24) is 4.90 Å². The number of carbonyl (C=O) groups excluding carboxylic acids is 1. The molecule has 0 radical (unpaired) electrons. The molecule has 0 unspecified atom stereocenters. The van der Waals surface area contributed by atoms with Gasteiger partial charge >= 0.3 is 5.97 Å². The largest absolute Gasteiger partial charge is 0.469 e. The van der Waals surface area contributed by atoms with Gasteiger partial charge < -0.3 is 9.84 Å². The first-order valence-corrected chi connectivity index (χ1v) is 5.44. The lowest BCUT2D eigenvalue weighted by atomic mass is 9.92. The van der Waals surface area contributed by atoms with Crippen LogP contribution < -0.4 is 0 Å². The Kier molecular flexibility index (Phi) is 4.11. The van der Waals surface area contributed by atoms with Gasteiger partial charge in [0.05, 0.1) is 18.6 Å². The molecule has 0 aliphatic carbocycles. The number of aliphatic hydroxyl groups is 1. The fraction of sp³-hybridized carbons (Fsp3) is 0.909. The van der Waals surface area contributed by atoms with Gasteiger partial charge in [-0.2, -0.15) is 0 Å². The molecule has 1 saturated heterocycles. The van der Waals surface area contributed by atoms with Crippen molar-refractivity contribution in [2.24, 2.45) is 5.41 Å². The summed E-state index contributed by atoms with van der Waals surface area (Å²) in [7, 11) is 1.41. The van der Waals surface area contributed by atoms with Gasteiger partial charge in [-0.1, -0.05) is 0 Å². The van der Waals surface area contributed by atoms with E-state index in [0.717, 1.165) is 19.4 Å². The van der Waals surface area contributed by atoms with Crippen LogP contribution in [0.5, 0.6) is 0 Å². The first-order chi connectivity index (χ1) is 6.95. The number of methoxy groups -OCH3 is 1. The van der Waals surface area contributed by atoms with Crippen LogP contribution in [0.25, 0.3) is 0 Å². The van der Waals surface area contributed by atoms with E-state index in [1.54, 1.807) is 0 Å². The molecule has 1 aliphatic rings. The lowest BCUT2D eigenvalue weighted by Crippen LogP contribution is -2.45. The molecule has 0 saturated carbocycles. The van der Waals surface area contributed by atoms with Gasteiger partial charge in [0.1, 0.15) is 0 Å². The van der Waals surface area contributed by atoms with Crippen LogP contribution in [-0.2, 0) is 9.53 Å². The Morgan fingerprint density at radius 1 is 1.60 bits per heavy atom. The van der Waals surface area contributed by atoms with Crippen LogP contribution in [0.4, 0.5) is 0 Å². The Balaban J connectivity index is 2.49. The zero-order chi connectivity index (χ0) is 11.5. The molecule has 1 N–H and O–H groups in total. The minimum atomic E-state index is -0.494. The third kappa shape index (κ3) is 3.47. The molecule has 1 heterocycles. The molecule has 1 atom stereocenters. The first-order valence-electron chi connectivity index (χ1n) is 5.44. The van der Waals surface area contributed by atoms with Crippen molar-refractivity contribution in [3.63, 3.8) is 0 Å². The summed E-state index contributed by atoms with van der Waals surface area (Å²) < 4.78 is 4.76. The number of rotatable bonds is 3. The second kappa shape index (κ2) is 4.94. The van der Waals surface area contributed by atoms with Crippen LogP contribution in [-0.4, -0.2) is 48.8 Å². The topological polar surface area (TPSA) is 49.8 Å². The van der Waals surface area contributed by atoms with E-state index in [4.69, 9.17) is 4.74 Å². The summed E-state index contributed by atoms with van der Waals surface area (Å²) in [4.78, 5) is 13.6. The van der Waals surface area contributed by atoms with Crippen molar-refractivity contribution in [2.75, 3.05) is 26.7 Å². The Bertz CT molecular complexity index is 228. The van der Waals surface area contributed by atoms with Crippen LogP contribution >= 0.6 is 0 Å². The Morgan fingerprint density at radius 3 is 2.80 bits per heavy atom. The molecule has 88 valence electrons. The van der Waals surface area contributed by atoms with Gasteiger partial charge in [-0.05, 0) is 33.2 Å². The minimum Gasteiger partial charge on any atom is -0.469 e. The van der Waals surface area contributed by atoms with E-state index in [-0.39, 0.29) is 12.1 Å². The monoisotopic (exact) mass is 215 g/mol. The van der Waals surface area contributed by atoms with Crippen molar-refractivity contribution < 1.29 is 14.6 Å². The van der Waals surface area contributed by atoms with Crippen molar-refractivity contribution in [3.05, 3.63) is 0 Å². The van der Waals surface area contributed by atoms with Crippen LogP contribution in [0.15, 0.2) is 0 Å². The van der Waals surface area contributed by atoms with E-state index in [1.807, 2.05) is 13.8 Å². The van der Waals surface area contributed by atoms with Crippen molar-refractivity contribution in [1.29, 1.82) is 0 Å². The fourth-order valence-electron chi connectivity index (χ4n) is 2.07. The van der Waals surface area contributed by atoms with Crippen molar-refractivity contribution in [2.45, 2.75) is 32.8 Å². The molecule has 4 heteroatoms. The molecule has 1 rings (SSSR count). The van der Waals surface area contributed by atoms with E-state index in [0.29, 0.717) is 13.1 Å². The molecule has 1 fully saturated rings. The predicted molar refractivity (Wildman–Crippen MR) is 57.5 cm³/mol. The van der Waals surface area contributed by atoms with Gasteiger partial charge in [-0.25, -0.2) is 0 Å². The highest BCUT2D eigenvalue weighted by Gasteiger charge is 2.32. The van der Waals surface area contributed by atoms with Gasteiger partial charge in [-0.3, -0.25) is 9.69 Å². The maximum Gasteiger partial charge on any atom is 0.312 e. The molecule has 0 bridgehead atoms. The molecule has 1 aliphatic heterocycles. The number of nitrogens with zero attached hydrogens (tertiary/aromatic N) is 1. The zero-order valence-corrected chi connectivity index (χ0v) is 9.82. The maximum absolute atomic E-state index is 11.5. The summed E-state index contributed by atoms with van der Waals surface area (Å²) in [5, 5.41) is 9.51. The summed E-state index contributed by atoms with van der Waals surface area (Å²) in [5.41, 5.74) is -0.494. The molecule has 0 aromatic carbocycles. The number of aliphatic hydroxyl groups excluding tert-OH is 1. The van der Waals surface area contributed by atoms with Crippen molar-refractivity contribution in [3.8, 4) is 0 Å². The highest BCUT2D eigenvalue weighted by atomic mass is 16.5. The SMILES string of the molecule is COC(=O)C(C)(C)CN1CCC[C@H](O)C1. The highest BCUT2D eigenvalue weighted by Crippen LogP contribution is 2.21. The number of carbonyl (C=O) groups is 1. The zero-order valence-electron chi connectivity index (χ0n) is 9.82. The van der Waals surface area contributed by atoms with Crippen molar-refractivity contribution >= 4 is 5.97 Å². The smallest absolute Gasteiger partial charge is 0.312 e. The Morgan fingerprint density at radius 2 is 2.27 bits per heavy atom. The molecular weight excluding hydrogens is 194 g/mol. The Hall–Kier alpha value is -0.610. The molecule has 0 amide bonds. The number of hydrogen-bond acceptors (Lipinski definition) is 4. The summed E-state index contributed by atoms with van der Waals surface area (Å²) in [6.07, 6.45) is 1.63. The molecule has 0 aromatic rings. The fourth-order valence-corrected chi connectivity index (χ4v) is 2.07. The molecular formula is C11H21NO3. The molecule has 15 heavy (non-hydrogen) atoms. The average Bonchev–Trinajstić information content (AvgIpc) is 2.15.